The van der Waals surface area contributed by atoms with E-state index in [1.807, 2.05) is 18.2 Å². The molecule has 0 bridgehead atoms. The first kappa shape index (κ1) is 15.3. The van der Waals surface area contributed by atoms with Gasteiger partial charge < -0.3 is 20.4 Å². The molecule has 3 N–H and O–H groups in total. The summed E-state index contributed by atoms with van der Waals surface area (Å²) in [7, 11) is 1.56. The number of rotatable bonds is 5. The predicted octanol–water partition coefficient (Wildman–Crippen LogP) is -1.75. The zero-order chi connectivity index (χ0) is 15.1. The molecule has 0 unspecified atom stereocenters. The van der Waals surface area contributed by atoms with Crippen molar-refractivity contribution in [1.29, 1.82) is 0 Å². The van der Waals surface area contributed by atoms with Crippen LogP contribution < -0.4 is 20.4 Å². The van der Waals surface area contributed by atoms with Gasteiger partial charge in [-0.1, -0.05) is 18.2 Å². The lowest BCUT2D eigenvalue weighted by Crippen LogP contribution is -3.16. The zero-order valence-corrected chi connectivity index (χ0v) is 12.4. The number of likely N-dealkylation sites (N-methyl/N-ethyl adjacent to an activating group) is 1. The SMILES string of the molecule is CNC(=O)CNC(=O)C[NH+]1CCN(c2ccccc2)CC1. The number of carbonyl (C=O) groups is 2. The van der Waals surface area contributed by atoms with E-state index in [-0.39, 0.29) is 18.4 Å². The quantitative estimate of drug-likeness (QED) is 0.603. The number of nitrogens with one attached hydrogen (secondary N) is 3. The van der Waals surface area contributed by atoms with Gasteiger partial charge >= 0.3 is 0 Å². The molecule has 0 spiro atoms. The van der Waals surface area contributed by atoms with Gasteiger partial charge in [-0.2, -0.15) is 0 Å². The lowest BCUT2D eigenvalue weighted by molar-refractivity contribution is -0.892. The van der Waals surface area contributed by atoms with Crippen molar-refractivity contribution in [2.24, 2.45) is 0 Å². The van der Waals surface area contributed by atoms with Crippen molar-refractivity contribution >= 4 is 17.5 Å². The van der Waals surface area contributed by atoms with Crippen molar-refractivity contribution in [3.63, 3.8) is 0 Å². The van der Waals surface area contributed by atoms with Crippen LogP contribution in [0, 0.1) is 0 Å². The second-order valence-electron chi connectivity index (χ2n) is 5.20. The van der Waals surface area contributed by atoms with E-state index < -0.39 is 0 Å². The Kier molecular flexibility index (Phi) is 5.57. The predicted molar refractivity (Wildman–Crippen MR) is 81.3 cm³/mol. The van der Waals surface area contributed by atoms with E-state index in [0.717, 1.165) is 26.2 Å². The maximum Gasteiger partial charge on any atom is 0.275 e. The maximum absolute atomic E-state index is 11.8. The summed E-state index contributed by atoms with van der Waals surface area (Å²) in [6.07, 6.45) is 0. The number of anilines is 1. The smallest absolute Gasteiger partial charge is 0.275 e. The number of carbonyl (C=O) groups excluding carboxylic acids is 2. The van der Waals surface area contributed by atoms with E-state index in [1.54, 1.807) is 7.05 Å². The molecule has 21 heavy (non-hydrogen) atoms. The third kappa shape index (κ3) is 4.75. The molecular formula is C15H23N4O2+. The van der Waals surface area contributed by atoms with E-state index in [4.69, 9.17) is 0 Å². The number of hydrogen-bond acceptors (Lipinski definition) is 3. The van der Waals surface area contributed by atoms with Gasteiger partial charge in [-0.25, -0.2) is 0 Å². The first-order chi connectivity index (χ1) is 10.2. The van der Waals surface area contributed by atoms with Gasteiger partial charge in [-0.15, -0.1) is 0 Å². The van der Waals surface area contributed by atoms with Crippen LogP contribution in [0.2, 0.25) is 0 Å². The molecule has 0 saturated carbocycles. The van der Waals surface area contributed by atoms with Crippen molar-refractivity contribution in [1.82, 2.24) is 10.6 Å². The summed E-state index contributed by atoms with van der Waals surface area (Å²) in [6.45, 7) is 4.24. The Bertz CT molecular complexity index is 470. The topological polar surface area (TPSA) is 65.9 Å². The van der Waals surface area contributed by atoms with Gasteiger partial charge in [-0.05, 0) is 12.1 Å². The van der Waals surface area contributed by atoms with Crippen molar-refractivity contribution < 1.29 is 14.5 Å². The standard InChI is InChI=1S/C15H22N4O2/c1-16-14(20)11-17-15(21)12-18-7-9-19(10-8-18)13-5-3-2-4-6-13/h2-6H,7-12H2,1H3,(H,16,20)(H,17,21)/p+1. The Hall–Kier alpha value is -2.08. The molecule has 0 aromatic heterocycles. The first-order valence-electron chi connectivity index (χ1n) is 7.30. The minimum atomic E-state index is -0.174. The number of quaternary nitrogens is 1. The van der Waals surface area contributed by atoms with Crippen LogP contribution in [0.4, 0.5) is 5.69 Å². The van der Waals surface area contributed by atoms with E-state index in [1.165, 1.54) is 10.6 Å². The van der Waals surface area contributed by atoms with Crippen molar-refractivity contribution in [2.45, 2.75) is 0 Å². The average Bonchev–Trinajstić information content (AvgIpc) is 2.54. The van der Waals surface area contributed by atoms with E-state index in [0.29, 0.717) is 6.54 Å². The first-order valence-corrected chi connectivity index (χ1v) is 7.30. The Morgan fingerprint density at radius 1 is 1.14 bits per heavy atom. The molecule has 1 aliphatic rings. The second-order valence-corrected chi connectivity index (χ2v) is 5.20. The molecule has 1 aliphatic heterocycles. The summed E-state index contributed by atoms with van der Waals surface area (Å²) >= 11 is 0. The highest BCUT2D eigenvalue weighted by molar-refractivity contribution is 5.84. The molecule has 0 radical (unpaired) electrons. The number of hydrogen-bond donors (Lipinski definition) is 3. The highest BCUT2D eigenvalue weighted by Gasteiger charge is 2.22. The largest absolute Gasteiger partial charge is 0.360 e. The molecule has 1 saturated heterocycles. The van der Waals surface area contributed by atoms with Gasteiger partial charge in [0.05, 0.1) is 32.7 Å². The zero-order valence-electron chi connectivity index (χ0n) is 12.4. The summed E-state index contributed by atoms with van der Waals surface area (Å²) in [4.78, 5) is 26.4. The fourth-order valence-corrected chi connectivity index (χ4v) is 2.45. The van der Waals surface area contributed by atoms with Gasteiger partial charge in [0.25, 0.3) is 5.91 Å². The number of amides is 2. The van der Waals surface area contributed by atoms with Crippen LogP contribution in [0.3, 0.4) is 0 Å². The van der Waals surface area contributed by atoms with Gasteiger partial charge in [0.15, 0.2) is 6.54 Å². The summed E-state index contributed by atoms with van der Waals surface area (Å²) in [5.41, 5.74) is 1.24. The van der Waals surface area contributed by atoms with Crippen LogP contribution in [0.25, 0.3) is 0 Å². The number of benzene rings is 1. The van der Waals surface area contributed by atoms with Gasteiger partial charge in [0.1, 0.15) is 0 Å². The Morgan fingerprint density at radius 2 is 1.81 bits per heavy atom. The maximum atomic E-state index is 11.8. The Morgan fingerprint density at radius 3 is 2.43 bits per heavy atom. The summed E-state index contributed by atoms with van der Waals surface area (Å²) < 4.78 is 0. The number of nitrogens with zero attached hydrogens (tertiary/aromatic N) is 1. The molecular weight excluding hydrogens is 268 g/mol. The molecule has 0 aliphatic carbocycles. The van der Waals surface area contributed by atoms with Crippen molar-refractivity contribution in [3.8, 4) is 0 Å². The lowest BCUT2D eigenvalue weighted by atomic mass is 10.2. The van der Waals surface area contributed by atoms with Crippen LogP contribution in [0.15, 0.2) is 30.3 Å². The normalized spacial score (nSPS) is 15.6. The van der Waals surface area contributed by atoms with Gasteiger partial charge in [0.2, 0.25) is 5.91 Å². The molecule has 1 aromatic carbocycles. The molecule has 2 rings (SSSR count). The Labute approximate surface area is 125 Å². The molecule has 1 fully saturated rings. The highest BCUT2D eigenvalue weighted by Crippen LogP contribution is 2.12. The van der Waals surface area contributed by atoms with E-state index in [9.17, 15) is 9.59 Å². The summed E-state index contributed by atoms with van der Waals surface area (Å²) in [5.74, 6) is -0.242. The van der Waals surface area contributed by atoms with E-state index in [2.05, 4.69) is 27.7 Å². The third-order valence-corrected chi connectivity index (χ3v) is 3.73. The molecule has 1 heterocycles. The number of para-hydroxylation sites is 1. The van der Waals surface area contributed by atoms with Gasteiger partial charge in [0, 0.05) is 12.7 Å². The fourth-order valence-electron chi connectivity index (χ4n) is 2.45. The van der Waals surface area contributed by atoms with Crippen LogP contribution in [-0.4, -0.2) is 58.1 Å². The monoisotopic (exact) mass is 291 g/mol. The minimum Gasteiger partial charge on any atom is -0.360 e. The molecule has 2 amide bonds. The van der Waals surface area contributed by atoms with Crippen LogP contribution in [0.5, 0.6) is 0 Å². The van der Waals surface area contributed by atoms with Crippen LogP contribution in [0.1, 0.15) is 0 Å². The van der Waals surface area contributed by atoms with Gasteiger partial charge in [-0.3, -0.25) is 9.59 Å². The Balaban J connectivity index is 1.72. The van der Waals surface area contributed by atoms with Crippen LogP contribution >= 0.6 is 0 Å². The van der Waals surface area contributed by atoms with Crippen molar-refractivity contribution in [2.75, 3.05) is 51.2 Å². The fraction of sp³-hybridized carbons (Fsp3) is 0.467. The molecule has 0 atom stereocenters. The van der Waals surface area contributed by atoms with E-state index >= 15 is 0 Å². The summed E-state index contributed by atoms with van der Waals surface area (Å²) in [6, 6.07) is 10.3. The second kappa shape index (κ2) is 7.64. The third-order valence-electron chi connectivity index (χ3n) is 3.73. The lowest BCUT2D eigenvalue weighted by Gasteiger charge is -2.33. The van der Waals surface area contributed by atoms with Crippen LogP contribution in [-0.2, 0) is 9.59 Å². The molecule has 6 nitrogen and oxygen atoms in total. The van der Waals surface area contributed by atoms with Crippen molar-refractivity contribution in [3.05, 3.63) is 30.3 Å². The number of piperazine rings is 1. The average molecular weight is 291 g/mol. The highest BCUT2D eigenvalue weighted by atomic mass is 16.2. The molecule has 114 valence electrons. The summed E-state index contributed by atoms with van der Waals surface area (Å²) in [5, 5.41) is 5.12. The molecule has 1 aromatic rings. The minimum absolute atomic E-state index is 0.0543. The molecule has 6 heteroatoms.